The fourth-order valence-corrected chi connectivity index (χ4v) is 1.64. The molecule has 1 aromatic heterocycles. The zero-order chi connectivity index (χ0) is 13.8. The Balaban J connectivity index is 2.00. The third-order valence-corrected chi connectivity index (χ3v) is 2.70. The normalized spacial score (nSPS) is 10.4. The van der Waals surface area contributed by atoms with E-state index in [4.69, 9.17) is 0 Å². The molecule has 1 heterocycles. The van der Waals surface area contributed by atoms with E-state index in [-0.39, 0.29) is 6.54 Å². The summed E-state index contributed by atoms with van der Waals surface area (Å²) in [5, 5.41) is 3.11. The Morgan fingerprint density at radius 2 is 1.95 bits per heavy atom. The number of nitrogens with one attached hydrogen (secondary N) is 2. The van der Waals surface area contributed by atoms with Crippen molar-refractivity contribution in [1.82, 2.24) is 9.55 Å². The van der Waals surface area contributed by atoms with E-state index in [0.717, 1.165) is 22.0 Å². The molecular formula is C13H14FN3O2. The number of rotatable bonds is 4. The van der Waals surface area contributed by atoms with Crippen LogP contribution in [0.3, 0.4) is 0 Å². The fourth-order valence-electron chi connectivity index (χ4n) is 1.64. The highest BCUT2D eigenvalue weighted by molar-refractivity contribution is 5.44. The highest BCUT2D eigenvalue weighted by Crippen LogP contribution is 2.07. The summed E-state index contributed by atoms with van der Waals surface area (Å²) in [6.07, 6.45) is 0.915. The lowest BCUT2D eigenvalue weighted by molar-refractivity contribution is 0.556. The standard InChI is InChI=1S/C13H14FN3O2/c1-9-2-4-10(5-3-9)15-6-7-17-8-11(14)12(18)16-13(17)19/h2-5,8,15H,6-7H2,1H3,(H,16,18,19). The van der Waals surface area contributed by atoms with Crippen LogP contribution in [0.15, 0.2) is 40.1 Å². The van der Waals surface area contributed by atoms with Crippen molar-refractivity contribution in [2.45, 2.75) is 13.5 Å². The average Bonchev–Trinajstić information content (AvgIpc) is 2.38. The van der Waals surface area contributed by atoms with Gasteiger partial charge in [-0.05, 0) is 19.1 Å². The van der Waals surface area contributed by atoms with Crippen LogP contribution in [0.2, 0.25) is 0 Å². The Hall–Kier alpha value is -2.37. The monoisotopic (exact) mass is 263 g/mol. The predicted molar refractivity (Wildman–Crippen MR) is 70.9 cm³/mol. The number of aryl methyl sites for hydroxylation is 1. The maximum atomic E-state index is 13.0. The van der Waals surface area contributed by atoms with E-state index in [0.29, 0.717) is 6.54 Å². The Bertz CT molecular complexity index is 674. The quantitative estimate of drug-likeness (QED) is 0.868. The molecule has 2 aromatic rings. The molecule has 0 spiro atoms. The third kappa shape index (κ3) is 3.31. The van der Waals surface area contributed by atoms with Gasteiger partial charge in [-0.15, -0.1) is 0 Å². The molecular weight excluding hydrogens is 249 g/mol. The molecule has 0 saturated carbocycles. The minimum Gasteiger partial charge on any atom is -0.383 e. The second-order valence-electron chi connectivity index (χ2n) is 4.22. The van der Waals surface area contributed by atoms with Crippen molar-refractivity contribution in [3.05, 3.63) is 62.7 Å². The first kappa shape index (κ1) is 13.1. The number of nitrogens with zero attached hydrogens (tertiary/aromatic N) is 1. The van der Waals surface area contributed by atoms with Gasteiger partial charge in [-0.1, -0.05) is 17.7 Å². The molecule has 0 amide bonds. The molecule has 0 aliphatic carbocycles. The molecule has 0 saturated heterocycles. The van der Waals surface area contributed by atoms with Gasteiger partial charge in [0.15, 0.2) is 0 Å². The number of benzene rings is 1. The van der Waals surface area contributed by atoms with E-state index in [2.05, 4.69) is 5.32 Å². The second kappa shape index (κ2) is 5.51. The van der Waals surface area contributed by atoms with Crippen molar-refractivity contribution in [3.63, 3.8) is 0 Å². The van der Waals surface area contributed by atoms with Crippen molar-refractivity contribution >= 4 is 5.69 Å². The molecule has 1 aromatic carbocycles. The topological polar surface area (TPSA) is 66.9 Å². The van der Waals surface area contributed by atoms with Gasteiger partial charge in [0.2, 0.25) is 5.82 Å². The van der Waals surface area contributed by atoms with Crippen molar-refractivity contribution in [2.24, 2.45) is 0 Å². The van der Waals surface area contributed by atoms with Gasteiger partial charge in [-0.3, -0.25) is 14.3 Å². The molecule has 0 fully saturated rings. The van der Waals surface area contributed by atoms with Crippen molar-refractivity contribution in [1.29, 1.82) is 0 Å². The minimum absolute atomic E-state index is 0.264. The summed E-state index contributed by atoms with van der Waals surface area (Å²) in [7, 11) is 0. The molecule has 100 valence electrons. The minimum atomic E-state index is -0.993. The molecule has 0 unspecified atom stereocenters. The van der Waals surface area contributed by atoms with Crippen LogP contribution in [0.5, 0.6) is 0 Å². The highest BCUT2D eigenvalue weighted by Gasteiger charge is 2.02. The van der Waals surface area contributed by atoms with Gasteiger partial charge in [-0.25, -0.2) is 4.79 Å². The van der Waals surface area contributed by atoms with E-state index in [1.807, 2.05) is 36.2 Å². The maximum Gasteiger partial charge on any atom is 0.328 e. The van der Waals surface area contributed by atoms with Crippen LogP contribution in [-0.4, -0.2) is 16.1 Å². The summed E-state index contributed by atoms with van der Waals surface area (Å²) in [5.41, 5.74) is 0.470. The summed E-state index contributed by atoms with van der Waals surface area (Å²) < 4.78 is 14.2. The molecule has 2 N–H and O–H groups in total. The SMILES string of the molecule is Cc1ccc(NCCn2cc(F)c(=O)[nH]c2=O)cc1. The number of aromatic amines is 1. The van der Waals surface area contributed by atoms with E-state index < -0.39 is 17.1 Å². The summed E-state index contributed by atoms with van der Waals surface area (Å²) in [4.78, 5) is 24.2. The van der Waals surface area contributed by atoms with Crippen LogP contribution in [0, 0.1) is 12.7 Å². The first-order valence-electron chi connectivity index (χ1n) is 5.86. The number of hydrogen-bond acceptors (Lipinski definition) is 3. The Morgan fingerprint density at radius 1 is 1.26 bits per heavy atom. The summed E-state index contributed by atoms with van der Waals surface area (Å²) in [6.45, 7) is 2.71. The molecule has 2 rings (SSSR count). The number of halogens is 1. The molecule has 0 bridgehead atoms. The molecule has 0 radical (unpaired) electrons. The number of aromatic nitrogens is 2. The lowest BCUT2D eigenvalue weighted by Gasteiger charge is -2.08. The zero-order valence-electron chi connectivity index (χ0n) is 10.4. The Labute approximate surface area is 108 Å². The molecule has 0 atom stereocenters. The van der Waals surface area contributed by atoms with Crippen molar-refractivity contribution in [2.75, 3.05) is 11.9 Å². The second-order valence-corrected chi connectivity index (χ2v) is 4.22. The zero-order valence-corrected chi connectivity index (χ0v) is 10.4. The van der Waals surface area contributed by atoms with Crippen LogP contribution < -0.4 is 16.6 Å². The van der Waals surface area contributed by atoms with E-state index >= 15 is 0 Å². The molecule has 0 aliphatic rings. The molecule has 19 heavy (non-hydrogen) atoms. The van der Waals surface area contributed by atoms with Crippen LogP contribution in [0.4, 0.5) is 10.1 Å². The molecule has 0 aliphatic heterocycles. The van der Waals surface area contributed by atoms with Crippen LogP contribution >= 0.6 is 0 Å². The molecule has 5 nitrogen and oxygen atoms in total. The van der Waals surface area contributed by atoms with Crippen molar-refractivity contribution in [3.8, 4) is 0 Å². The van der Waals surface area contributed by atoms with Gasteiger partial charge in [0.05, 0.1) is 6.20 Å². The van der Waals surface area contributed by atoms with Gasteiger partial charge in [0.25, 0.3) is 5.56 Å². The smallest absolute Gasteiger partial charge is 0.328 e. The van der Waals surface area contributed by atoms with Gasteiger partial charge in [0, 0.05) is 18.8 Å². The predicted octanol–water partition coefficient (Wildman–Crippen LogP) is 1.10. The van der Waals surface area contributed by atoms with Crippen LogP contribution in [0.1, 0.15) is 5.56 Å². The first-order chi connectivity index (χ1) is 9.06. The van der Waals surface area contributed by atoms with E-state index in [9.17, 15) is 14.0 Å². The first-order valence-corrected chi connectivity index (χ1v) is 5.86. The summed E-state index contributed by atoms with van der Waals surface area (Å²) in [5.74, 6) is -0.963. The summed E-state index contributed by atoms with van der Waals surface area (Å²) in [6, 6.07) is 7.78. The number of anilines is 1. The van der Waals surface area contributed by atoms with E-state index in [1.165, 1.54) is 0 Å². The maximum absolute atomic E-state index is 13.0. The van der Waals surface area contributed by atoms with E-state index in [1.54, 1.807) is 0 Å². The third-order valence-electron chi connectivity index (χ3n) is 2.70. The molecule has 6 heteroatoms. The van der Waals surface area contributed by atoms with Gasteiger partial charge in [-0.2, -0.15) is 4.39 Å². The lowest BCUT2D eigenvalue weighted by Crippen LogP contribution is -2.32. The van der Waals surface area contributed by atoms with Gasteiger partial charge >= 0.3 is 5.69 Å². The van der Waals surface area contributed by atoms with Gasteiger partial charge in [0.1, 0.15) is 0 Å². The average molecular weight is 263 g/mol. The lowest BCUT2D eigenvalue weighted by atomic mass is 10.2. The number of H-pyrrole nitrogens is 1. The van der Waals surface area contributed by atoms with Crippen molar-refractivity contribution < 1.29 is 4.39 Å². The largest absolute Gasteiger partial charge is 0.383 e. The Morgan fingerprint density at radius 3 is 2.63 bits per heavy atom. The van der Waals surface area contributed by atoms with Gasteiger partial charge < -0.3 is 5.32 Å². The summed E-state index contributed by atoms with van der Waals surface area (Å²) >= 11 is 0. The van der Waals surface area contributed by atoms with Crippen LogP contribution in [-0.2, 0) is 6.54 Å². The fraction of sp³-hybridized carbons (Fsp3) is 0.231. The number of hydrogen-bond donors (Lipinski definition) is 2. The van der Waals surface area contributed by atoms with Crippen LogP contribution in [0.25, 0.3) is 0 Å². The Kier molecular flexibility index (Phi) is 3.79. The highest BCUT2D eigenvalue weighted by atomic mass is 19.1.